The molecule has 1 fully saturated rings. The van der Waals surface area contributed by atoms with E-state index >= 15 is 0 Å². The highest BCUT2D eigenvalue weighted by Crippen LogP contribution is 2.15. The van der Waals surface area contributed by atoms with E-state index in [4.69, 9.17) is 9.73 Å². The molecule has 0 amide bonds. The Morgan fingerprint density at radius 3 is 2.72 bits per heavy atom. The summed E-state index contributed by atoms with van der Waals surface area (Å²) in [6.45, 7) is 9.71. The first-order valence-corrected chi connectivity index (χ1v) is 9.03. The second-order valence-corrected chi connectivity index (χ2v) is 6.39. The molecular weight excluding hydrogens is 427 g/mol. The van der Waals surface area contributed by atoms with Gasteiger partial charge in [-0.3, -0.25) is 4.90 Å². The summed E-state index contributed by atoms with van der Waals surface area (Å²) in [6.07, 6.45) is 2.52. The van der Waals surface area contributed by atoms with Crippen LogP contribution in [0.3, 0.4) is 0 Å². The van der Waals surface area contributed by atoms with Crippen molar-refractivity contribution in [3.05, 3.63) is 35.4 Å². The number of methoxy groups -OCH3 is 1. The van der Waals surface area contributed by atoms with Gasteiger partial charge in [-0.15, -0.1) is 24.0 Å². The number of aryl methyl sites for hydroxylation is 1. The number of hydrogen-bond acceptors (Lipinski definition) is 3. The molecule has 0 spiro atoms. The minimum atomic E-state index is 0. The Balaban J connectivity index is 0.00000312. The summed E-state index contributed by atoms with van der Waals surface area (Å²) in [5.41, 5.74) is 2.52. The third kappa shape index (κ3) is 7.92. The monoisotopic (exact) mass is 460 g/mol. The molecule has 6 heteroatoms. The van der Waals surface area contributed by atoms with E-state index in [1.165, 1.54) is 30.5 Å². The molecule has 0 aromatic heterocycles. The molecule has 0 radical (unpaired) electrons. The fourth-order valence-electron chi connectivity index (χ4n) is 3.05. The maximum Gasteiger partial charge on any atom is 0.191 e. The van der Waals surface area contributed by atoms with Gasteiger partial charge in [-0.1, -0.05) is 29.8 Å². The van der Waals surface area contributed by atoms with Crippen molar-refractivity contribution in [2.45, 2.75) is 39.3 Å². The molecule has 25 heavy (non-hydrogen) atoms. The zero-order valence-electron chi connectivity index (χ0n) is 15.8. The number of rotatable bonds is 8. The van der Waals surface area contributed by atoms with Gasteiger partial charge in [0.15, 0.2) is 5.96 Å². The topological polar surface area (TPSA) is 48.9 Å². The fourth-order valence-corrected chi connectivity index (χ4v) is 3.05. The van der Waals surface area contributed by atoms with Gasteiger partial charge in [-0.2, -0.15) is 0 Å². The minimum absolute atomic E-state index is 0. The van der Waals surface area contributed by atoms with Crippen LogP contribution in [0.15, 0.2) is 29.3 Å². The molecule has 0 saturated carbocycles. The summed E-state index contributed by atoms with van der Waals surface area (Å²) in [6, 6.07) is 9.13. The third-order valence-electron chi connectivity index (χ3n) is 4.47. The van der Waals surface area contributed by atoms with E-state index in [9.17, 15) is 0 Å². The van der Waals surface area contributed by atoms with Crippen molar-refractivity contribution >= 4 is 29.9 Å². The summed E-state index contributed by atoms with van der Waals surface area (Å²) >= 11 is 0. The van der Waals surface area contributed by atoms with Crippen molar-refractivity contribution in [2.75, 3.05) is 39.9 Å². The van der Waals surface area contributed by atoms with Crippen LogP contribution < -0.4 is 10.6 Å². The summed E-state index contributed by atoms with van der Waals surface area (Å²) in [4.78, 5) is 7.23. The first-order valence-electron chi connectivity index (χ1n) is 9.03. The lowest BCUT2D eigenvalue weighted by Crippen LogP contribution is -2.45. The van der Waals surface area contributed by atoms with Crippen LogP contribution >= 0.6 is 24.0 Å². The molecule has 1 aromatic carbocycles. The fraction of sp³-hybridized carbons (Fsp3) is 0.632. The van der Waals surface area contributed by atoms with E-state index < -0.39 is 0 Å². The smallest absolute Gasteiger partial charge is 0.191 e. The Bertz CT molecular complexity index is 507. The first-order chi connectivity index (χ1) is 11.7. The zero-order chi connectivity index (χ0) is 17.2. The minimum Gasteiger partial charge on any atom is -0.383 e. The number of hydrogen-bond donors (Lipinski definition) is 2. The van der Waals surface area contributed by atoms with E-state index in [2.05, 4.69) is 53.6 Å². The van der Waals surface area contributed by atoms with Gasteiger partial charge in [-0.05, 0) is 38.8 Å². The quantitative estimate of drug-likeness (QED) is 0.356. The number of nitrogens with zero attached hydrogens (tertiary/aromatic N) is 2. The molecular formula is C19H33IN4O. The molecule has 0 bridgehead atoms. The zero-order valence-corrected chi connectivity index (χ0v) is 18.1. The SMILES string of the molecule is CCNC(=NCc1ccc(C)cc1)NCC1CCCN1CCOC.I. The summed E-state index contributed by atoms with van der Waals surface area (Å²) < 4.78 is 5.21. The second kappa shape index (κ2) is 12.5. The molecule has 1 aromatic rings. The van der Waals surface area contributed by atoms with Crippen LogP contribution in [-0.2, 0) is 11.3 Å². The van der Waals surface area contributed by atoms with Gasteiger partial charge in [0.25, 0.3) is 0 Å². The van der Waals surface area contributed by atoms with Gasteiger partial charge in [0, 0.05) is 32.8 Å². The number of guanidine groups is 1. The van der Waals surface area contributed by atoms with Gasteiger partial charge < -0.3 is 15.4 Å². The molecule has 1 saturated heterocycles. The Kier molecular flexibility index (Phi) is 11.1. The molecule has 1 aliphatic rings. The van der Waals surface area contributed by atoms with Crippen molar-refractivity contribution in [2.24, 2.45) is 4.99 Å². The summed E-state index contributed by atoms with van der Waals surface area (Å²) in [7, 11) is 1.77. The maximum absolute atomic E-state index is 5.21. The van der Waals surface area contributed by atoms with E-state index in [0.717, 1.165) is 32.2 Å². The van der Waals surface area contributed by atoms with Crippen molar-refractivity contribution < 1.29 is 4.74 Å². The number of nitrogens with one attached hydrogen (secondary N) is 2. The largest absolute Gasteiger partial charge is 0.383 e. The highest BCUT2D eigenvalue weighted by molar-refractivity contribution is 14.0. The Hall–Kier alpha value is -0.860. The average molecular weight is 460 g/mol. The van der Waals surface area contributed by atoms with Gasteiger partial charge in [0.1, 0.15) is 0 Å². The van der Waals surface area contributed by atoms with Crippen molar-refractivity contribution in [3.8, 4) is 0 Å². The van der Waals surface area contributed by atoms with Crippen molar-refractivity contribution in [1.29, 1.82) is 0 Å². The Labute approximate surface area is 169 Å². The van der Waals surface area contributed by atoms with Crippen molar-refractivity contribution in [1.82, 2.24) is 15.5 Å². The maximum atomic E-state index is 5.21. The molecule has 2 rings (SSSR count). The van der Waals surface area contributed by atoms with Gasteiger partial charge in [0.05, 0.1) is 13.2 Å². The van der Waals surface area contributed by atoms with Gasteiger partial charge >= 0.3 is 0 Å². The molecule has 5 nitrogen and oxygen atoms in total. The van der Waals surface area contributed by atoms with Crippen LogP contribution in [0.1, 0.15) is 30.9 Å². The molecule has 1 heterocycles. The molecule has 2 N–H and O–H groups in total. The molecule has 1 unspecified atom stereocenters. The number of likely N-dealkylation sites (tertiary alicyclic amines) is 1. The normalized spacial score (nSPS) is 18.0. The lowest BCUT2D eigenvalue weighted by Gasteiger charge is -2.25. The van der Waals surface area contributed by atoms with E-state index in [-0.39, 0.29) is 24.0 Å². The van der Waals surface area contributed by atoms with Crippen LogP contribution in [-0.4, -0.2) is 56.8 Å². The first kappa shape index (κ1) is 22.2. The van der Waals surface area contributed by atoms with E-state index in [1.54, 1.807) is 7.11 Å². The number of halogens is 1. The van der Waals surface area contributed by atoms with Crippen LogP contribution in [0.4, 0.5) is 0 Å². The highest BCUT2D eigenvalue weighted by atomic mass is 127. The predicted molar refractivity (Wildman–Crippen MR) is 116 cm³/mol. The highest BCUT2D eigenvalue weighted by Gasteiger charge is 2.23. The van der Waals surface area contributed by atoms with Crippen molar-refractivity contribution in [3.63, 3.8) is 0 Å². The number of aliphatic imine (C=N–C) groups is 1. The molecule has 1 aliphatic heterocycles. The van der Waals surface area contributed by atoms with Crippen LogP contribution in [0.2, 0.25) is 0 Å². The lowest BCUT2D eigenvalue weighted by atomic mass is 10.1. The Morgan fingerprint density at radius 2 is 2.04 bits per heavy atom. The third-order valence-corrected chi connectivity index (χ3v) is 4.47. The number of ether oxygens (including phenoxy) is 1. The second-order valence-electron chi connectivity index (χ2n) is 6.39. The van der Waals surface area contributed by atoms with E-state index in [1.807, 2.05) is 0 Å². The van der Waals surface area contributed by atoms with Crippen LogP contribution in [0.25, 0.3) is 0 Å². The van der Waals surface area contributed by atoms with Crippen LogP contribution in [0.5, 0.6) is 0 Å². The van der Waals surface area contributed by atoms with Crippen LogP contribution in [0, 0.1) is 6.92 Å². The molecule has 142 valence electrons. The summed E-state index contributed by atoms with van der Waals surface area (Å²) in [5.74, 6) is 0.900. The summed E-state index contributed by atoms with van der Waals surface area (Å²) in [5, 5.41) is 6.85. The molecule has 0 aliphatic carbocycles. The van der Waals surface area contributed by atoms with Gasteiger partial charge in [-0.25, -0.2) is 4.99 Å². The van der Waals surface area contributed by atoms with Gasteiger partial charge in [0.2, 0.25) is 0 Å². The Morgan fingerprint density at radius 1 is 1.28 bits per heavy atom. The standard InChI is InChI=1S/C19H32N4O.HI/c1-4-20-19(21-14-17-9-7-16(2)8-10-17)22-15-18-6-5-11-23(18)12-13-24-3;/h7-10,18H,4-6,11-15H2,1-3H3,(H2,20,21,22);1H. The molecule has 1 atom stereocenters. The lowest BCUT2D eigenvalue weighted by molar-refractivity contribution is 0.141. The average Bonchev–Trinajstić information content (AvgIpc) is 3.04. The number of benzene rings is 1. The predicted octanol–water partition coefficient (Wildman–Crippen LogP) is 2.78. The van der Waals surface area contributed by atoms with E-state index in [0.29, 0.717) is 12.6 Å².